The second-order valence-corrected chi connectivity index (χ2v) is 5.75. The van der Waals surface area contributed by atoms with Crippen LogP contribution >= 0.6 is 0 Å². The molecule has 0 radical (unpaired) electrons. The van der Waals surface area contributed by atoms with Crippen molar-refractivity contribution < 1.29 is 9.53 Å². The van der Waals surface area contributed by atoms with Crippen LogP contribution in [-0.2, 0) is 16.1 Å². The third-order valence-electron chi connectivity index (χ3n) is 4.17. The summed E-state index contributed by atoms with van der Waals surface area (Å²) in [6.07, 6.45) is 6.61. The number of amides is 1. The van der Waals surface area contributed by atoms with Gasteiger partial charge in [0.15, 0.2) is 0 Å². The lowest BCUT2D eigenvalue weighted by molar-refractivity contribution is -0.135. The zero-order valence-corrected chi connectivity index (χ0v) is 11.9. The topological polar surface area (TPSA) is 60.2 Å². The maximum atomic E-state index is 12.4. The Morgan fingerprint density at radius 2 is 2.40 bits per heavy atom. The lowest BCUT2D eigenvalue weighted by atomic mass is 9.97. The van der Waals surface area contributed by atoms with Crippen LogP contribution in [0.5, 0.6) is 0 Å². The molecule has 2 heterocycles. The smallest absolute Gasteiger partial charge is 0.228 e. The van der Waals surface area contributed by atoms with Gasteiger partial charge in [-0.1, -0.05) is 0 Å². The number of rotatable bonds is 5. The molecule has 0 bridgehead atoms. The van der Waals surface area contributed by atoms with Crippen LogP contribution < -0.4 is 0 Å². The monoisotopic (exact) mass is 278 g/mol. The molecule has 0 spiro atoms. The molecular formula is C14H22N4O2. The first kappa shape index (κ1) is 13.5. The lowest BCUT2D eigenvalue weighted by Crippen LogP contribution is -2.42. The molecule has 3 rings (SSSR count). The molecule has 2 aliphatic rings. The van der Waals surface area contributed by atoms with Gasteiger partial charge in [-0.05, 0) is 32.1 Å². The van der Waals surface area contributed by atoms with Crippen LogP contribution in [0.15, 0.2) is 12.7 Å². The molecule has 110 valence electrons. The first-order chi connectivity index (χ1) is 9.78. The molecule has 1 saturated heterocycles. The van der Waals surface area contributed by atoms with E-state index in [1.54, 1.807) is 12.7 Å². The van der Waals surface area contributed by atoms with Crippen molar-refractivity contribution in [1.29, 1.82) is 0 Å². The van der Waals surface area contributed by atoms with Gasteiger partial charge in [-0.15, -0.1) is 0 Å². The van der Waals surface area contributed by atoms with E-state index in [1.165, 1.54) is 0 Å². The molecule has 6 heteroatoms. The lowest BCUT2D eigenvalue weighted by Gasteiger charge is -2.32. The minimum Gasteiger partial charge on any atom is -0.378 e. The highest BCUT2D eigenvalue weighted by Gasteiger charge is 2.46. The standard InChI is InChI=1S/C14H22N4O2/c1-2-20-13-6-12(13)14(19)17-5-3-4-11(7-17)8-18-10-15-9-16-18/h9-13H,2-8H2,1H3. The summed E-state index contributed by atoms with van der Waals surface area (Å²) in [5.74, 6) is 0.880. The molecule has 0 N–H and O–H groups in total. The van der Waals surface area contributed by atoms with Crippen LogP contribution in [0.25, 0.3) is 0 Å². The maximum absolute atomic E-state index is 12.4. The fourth-order valence-electron chi connectivity index (χ4n) is 3.07. The molecule has 1 saturated carbocycles. The largest absolute Gasteiger partial charge is 0.378 e. The Bertz CT molecular complexity index is 448. The number of nitrogens with zero attached hydrogens (tertiary/aromatic N) is 4. The van der Waals surface area contributed by atoms with Crippen molar-refractivity contribution in [2.24, 2.45) is 11.8 Å². The second-order valence-electron chi connectivity index (χ2n) is 5.75. The molecule has 6 nitrogen and oxygen atoms in total. The van der Waals surface area contributed by atoms with Crippen molar-refractivity contribution in [1.82, 2.24) is 19.7 Å². The number of ether oxygens (including phenoxy) is 1. The summed E-state index contributed by atoms with van der Waals surface area (Å²) in [6, 6.07) is 0. The maximum Gasteiger partial charge on any atom is 0.228 e. The van der Waals surface area contributed by atoms with Gasteiger partial charge < -0.3 is 9.64 Å². The molecule has 1 aliphatic heterocycles. The van der Waals surface area contributed by atoms with Crippen molar-refractivity contribution in [3.05, 3.63) is 12.7 Å². The number of piperidine rings is 1. The number of carbonyl (C=O) groups excluding carboxylic acids is 1. The van der Waals surface area contributed by atoms with Gasteiger partial charge in [0, 0.05) is 26.2 Å². The van der Waals surface area contributed by atoms with E-state index >= 15 is 0 Å². The Morgan fingerprint density at radius 1 is 1.50 bits per heavy atom. The van der Waals surface area contributed by atoms with E-state index in [4.69, 9.17) is 4.74 Å². The molecule has 1 aliphatic carbocycles. The molecule has 3 atom stereocenters. The van der Waals surface area contributed by atoms with Gasteiger partial charge in [-0.3, -0.25) is 9.48 Å². The molecule has 0 aromatic carbocycles. The Hall–Kier alpha value is -1.43. The first-order valence-corrected chi connectivity index (χ1v) is 7.50. The van der Waals surface area contributed by atoms with Crippen molar-refractivity contribution >= 4 is 5.91 Å². The van der Waals surface area contributed by atoms with Gasteiger partial charge >= 0.3 is 0 Å². The number of aromatic nitrogens is 3. The Labute approximate surface area is 119 Å². The van der Waals surface area contributed by atoms with Crippen LogP contribution in [0.1, 0.15) is 26.2 Å². The van der Waals surface area contributed by atoms with Crippen molar-refractivity contribution in [3.8, 4) is 0 Å². The summed E-state index contributed by atoms with van der Waals surface area (Å²) in [5.41, 5.74) is 0. The third-order valence-corrected chi connectivity index (χ3v) is 4.17. The molecule has 1 aromatic rings. The van der Waals surface area contributed by atoms with E-state index in [-0.39, 0.29) is 17.9 Å². The van der Waals surface area contributed by atoms with Gasteiger partial charge in [0.2, 0.25) is 5.91 Å². The van der Waals surface area contributed by atoms with E-state index in [9.17, 15) is 4.79 Å². The Kier molecular flexibility index (Phi) is 4.00. The van der Waals surface area contributed by atoms with Gasteiger partial charge in [0.1, 0.15) is 12.7 Å². The third kappa shape index (κ3) is 3.00. The van der Waals surface area contributed by atoms with Crippen LogP contribution in [-0.4, -0.2) is 51.4 Å². The number of hydrogen-bond acceptors (Lipinski definition) is 4. The Balaban J connectivity index is 1.51. The zero-order valence-electron chi connectivity index (χ0n) is 11.9. The van der Waals surface area contributed by atoms with E-state index < -0.39 is 0 Å². The van der Waals surface area contributed by atoms with Gasteiger partial charge in [0.25, 0.3) is 0 Å². The van der Waals surface area contributed by atoms with Gasteiger partial charge in [-0.2, -0.15) is 5.10 Å². The van der Waals surface area contributed by atoms with E-state index in [2.05, 4.69) is 10.1 Å². The summed E-state index contributed by atoms with van der Waals surface area (Å²) in [6.45, 7) is 5.26. The molecule has 20 heavy (non-hydrogen) atoms. The van der Waals surface area contributed by atoms with Crippen molar-refractivity contribution in [2.75, 3.05) is 19.7 Å². The van der Waals surface area contributed by atoms with Crippen LogP contribution in [0.2, 0.25) is 0 Å². The number of carbonyl (C=O) groups is 1. The summed E-state index contributed by atoms with van der Waals surface area (Å²) < 4.78 is 7.38. The van der Waals surface area contributed by atoms with Crippen LogP contribution in [0, 0.1) is 11.8 Å². The fraction of sp³-hybridized carbons (Fsp3) is 0.786. The normalized spacial score (nSPS) is 29.4. The SMILES string of the molecule is CCOC1CC1C(=O)N1CCCC(Cn2cncn2)C1. The average Bonchev–Trinajstić information content (AvgIpc) is 3.03. The van der Waals surface area contributed by atoms with Crippen LogP contribution in [0.3, 0.4) is 0 Å². The van der Waals surface area contributed by atoms with Crippen molar-refractivity contribution in [2.45, 2.75) is 38.8 Å². The zero-order chi connectivity index (χ0) is 13.9. The average molecular weight is 278 g/mol. The molecule has 1 amide bonds. The van der Waals surface area contributed by atoms with Crippen LogP contribution in [0.4, 0.5) is 0 Å². The van der Waals surface area contributed by atoms with Gasteiger partial charge in [0.05, 0.1) is 12.0 Å². The van der Waals surface area contributed by atoms with Gasteiger partial charge in [-0.25, -0.2) is 4.98 Å². The highest BCUT2D eigenvalue weighted by Crippen LogP contribution is 2.36. The molecule has 2 fully saturated rings. The minimum absolute atomic E-state index is 0.111. The summed E-state index contributed by atoms with van der Waals surface area (Å²) in [5, 5.41) is 4.15. The minimum atomic E-state index is 0.111. The number of likely N-dealkylation sites (tertiary alicyclic amines) is 1. The van der Waals surface area contributed by atoms with E-state index in [0.29, 0.717) is 12.5 Å². The summed E-state index contributed by atoms with van der Waals surface area (Å²) >= 11 is 0. The summed E-state index contributed by atoms with van der Waals surface area (Å²) in [4.78, 5) is 18.4. The fourth-order valence-corrected chi connectivity index (χ4v) is 3.07. The van der Waals surface area contributed by atoms with Crippen molar-refractivity contribution in [3.63, 3.8) is 0 Å². The molecule has 1 aromatic heterocycles. The molecular weight excluding hydrogens is 256 g/mol. The highest BCUT2D eigenvalue weighted by atomic mass is 16.5. The highest BCUT2D eigenvalue weighted by molar-refractivity contribution is 5.82. The predicted octanol–water partition coefficient (Wildman–Crippen LogP) is 0.942. The van der Waals surface area contributed by atoms with E-state index in [1.807, 2.05) is 16.5 Å². The summed E-state index contributed by atoms with van der Waals surface area (Å²) in [7, 11) is 0. The van der Waals surface area contributed by atoms with E-state index in [0.717, 1.165) is 38.9 Å². The predicted molar refractivity (Wildman–Crippen MR) is 72.8 cm³/mol. The molecule has 3 unspecified atom stereocenters. The first-order valence-electron chi connectivity index (χ1n) is 7.50. The Morgan fingerprint density at radius 3 is 3.15 bits per heavy atom. The second kappa shape index (κ2) is 5.91. The number of hydrogen-bond donors (Lipinski definition) is 0. The quantitative estimate of drug-likeness (QED) is 0.804.